The standard InChI is InChI=1S/C34H37N3O3/c1-25(27-10-4-2-5-11-27)19-32(38)36-17-15-34(40,16-18-36)24-37-23-31(29-14-8-9-26(20-29)22-35)30(21-33(37)39)28-12-6-3-7-13-28/h2-14,20-21,23,25,40H,15-19,22,24,35H2,1H3. The average molecular weight is 536 g/mol. The summed E-state index contributed by atoms with van der Waals surface area (Å²) in [5.74, 6) is 0.234. The molecule has 6 nitrogen and oxygen atoms in total. The Balaban J connectivity index is 1.35. The van der Waals surface area contributed by atoms with Crippen LogP contribution in [0.2, 0.25) is 0 Å². The maximum Gasteiger partial charge on any atom is 0.251 e. The van der Waals surface area contributed by atoms with Crippen LogP contribution in [0, 0.1) is 0 Å². The summed E-state index contributed by atoms with van der Waals surface area (Å²) >= 11 is 0. The summed E-state index contributed by atoms with van der Waals surface area (Å²) in [6.45, 7) is 3.61. The molecule has 0 bridgehead atoms. The number of amides is 1. The van der Waals surface area contributed by atoms with E-state index in [9.17, 15) is 14.7 Å². The van der Waals surface area contributed by atoms with Crippen molar-refractivity contribution in [2.45, 2.75) is 50.8 Å². The topological polar surface area (TPSA) is 88.6 Å². The van der Waals surface area contributed by atoms with Crippen LogP contribution in [-0.4, -0.2) is 39.2 Å². The summed E-state index contributed by atoms with van der Waals surface area (Å²) in [6, 6.07) is 29.6. The van der Waals surface area contributed by atoms with Gasteiger partial charge >= 0.3 is 0 Å². The molecular weight excluding hydrogens is 498 g/mol. The Kier molecular flexibility index (Phi) is 8.29. The molecule has 0 saturated carbocycles. The molecule has 0 spiro atoms. The summed E-state index contributed by atoms with van der Waals surface area (Å²) < 4.78 is 1.62. The lowest BCUT2D eigenvalue weighted by molar-refractivity contribution is -0.136. The number of likely N-dealkylation sites (tertiary alicyclic amines) is 1. The zero-order chi connectivity index (χ0) is 28.1. The summed E-state index contributed by atoms with van der Waals surface area (Å²) in [5, 5.41) is 11.5. The van der Waals surface area contributed by atoms with Gasteiger partial charge in [0.25, 0.3) is 5.56 Å². The number of piperidine rings is 1. The van der Waals surface area contributed by atoms with Crippen molar-refractivity contribution < 1.29 is 9.90 Å². The molecule has 5 rings (SSSR count). The second-order valence-electron chi connectivity index (χ2n) is 11.0. The van der Waals surface area contributed by atoms with Gasteiger partial charge in [0, 0.05) is 43.9 Å². The fourth-order valence-electron chi connectivity index (χ4n) is 5.59. The van der Waals surface area contributed by atoms with Crippen LogP contribution in [0.1, 0.15) is 43.2 Å². The number of benzene rings is 3. The summed E-state index contributed by atoms with van der Waals surface area (Å²) in [7, 11) is 0. The van der Waals surface area contributed by atoms with Gasteiger partial charge in [0.15, 0.2) is 0 Å². The summed E-state index contributed by atoms with van der Waals surface area (Å²) in [6.07, 6.45) is 3.14. The second-order valence-corrected chi connectivity index (χ2v) is 11.0. The third-order valence-corrected chi connectivity index (χ3v) is 8.05. The lowest BCUT2D eigenvalue weighted by Gasteiger charge is -2.39. The fourth-order valence-corrected chi connectivity index (χ4v) is 5.59. The number of aliphatic hydroxyl groups is 1. The van der Waals surface area contributed by atoms with E-state index in [1.807, 2.05) is 96.0 Å². The van der Waals surface area contributed by atoms with Crippen LogP contribution in [0.15, 0.2) is 102 Å². The Bertz CT molecular complexity index is 1510. The van der Waals surface area contributed by atoms with Gasteiger partial charge in [-0.05, 0) is 52.6 Å². The molecule has 1 fully saturated rings. The first-order valence-electron chi connectivity index (χ1n) is 14.0. The highest BCUT2D eigenvalue weighted by molar-refractivity contribution is 5.83. The molecule has 1 aliphatic heterocycles. The first kappa shape index (κ1) is 27.6. The molecule has 4 aromatic rings. The van der Waals surface area contributed by atoms with E-state index in [4.69, 9.17) is 5.73 Å². The van der Waals surface area contributed by atoms with Gasteiger partial charge in [-0.1, -0.05) is 85.8 Å². The van der Waals surface area contributed by atoms with Crippen LogP contribution in [-0.2, 0) is 17.9 Å². The molecular formula is C34H37N3O3. The molecule has 6 heteroatoms. The fraction of sp³-hybridized carbons (Fsp3) is 0.294. The van der Waals surface area contributed by atoms with Crippen LogP contribution in [0.3, 0.4) is 0 Å². The highest BCUT2D eigenvalue weighted by Gasteiger charge is 2.35. The Morgan fingerprint density at radius 3 is 2.23 bits per heavy atom. The average Bonchev–Trinajstić information content (AvgIpc) is 2.99. The minimum absolute atomic E-state index is 0.102. The normalized spacial score (nSPS) is 15.5. The molecule has 1 saturated heterocycles. The van der Waals surface area contributed by atoms with Gasteiger partial charge in [-0.2, -0.15) is 0 Å². The van der Waals surface area contributed by atoms with Crippen LogP contribution >= 0.6 is 0 Å². The Hall–Kier alpha value is -4.00. The van der Waals surface area contributed by atoms with Crippen LogP contribution in [0.4, 0.5) is 0 Å². The van der Waals surface area contributed by atoms with Crippen molar-refractivity contribution in [3.05, 3.63) is 119 Å². The van der Waals surface area contributed by atoms with E-state index in [2.05, 4.69) is 6.92 Å². The number of carbonyl (C=O) groups is 1. The van der Waals surface area contributed by atoms with E-state index in [0.29, 0.717) is 38.9 Å². The molecule has 0 aliphatic carbocycles. The van der Waals surface area contributed by atoms with E-state index in [-0.39, 0.29) is 23.9 Å². The smallest absolute Gasteiger partial charge is 0.251 e. The SMILES string of the molecule is CC(CC(=O)N1CCC(O)(Cn2cc(-c3cccc(CN)c3)c(-c3ccccc3)cc2=O)CC1)c1ccccc1. The lowest BCUT2D eigenvalue weighted by Crippen LogP contribution is -2.49. The highest BCUT2D eigenvalue weighted by atomic mass is 16.3. The number of rotatable bonds is 8. The predicted molar refractivity (Wildman–Crippen MR) is 160 cm³/mol. The van der Waals surface area contributed by atoms with Crippen molar-refractivity contribution in [2.75, 3.05) is 13.1 Å². The first-order valence-corrected chi connectivity index (χ1v) is 14.0. The van der Waals surface area contributed by atoms with Crippen LogP contribution in [0.5, 0.6) is 0 Å². The minimum Gasteiger partial charge on any atom is -0.388 e. The molecule has 3 N–H and O–H groups in total. The Morgan fingerprint density at radius 2 is 1.55 bits per heavy atom. The zero-order valence-corrected chi connectivity index (χ0v) is 23.0. The van der Waals surface area contributed by atoms with Crippen LogP contribution in [0.25, 0.3) is 22.3 Å². The molecule has 2 heterocycles. The largest absolute Gasteiger partial charge is 0.388 e. The van der Waals surface area contributed by atoms with E-state index < -0.39 is 5.60 Å². The Morgan fingerprint density at radius 1 is 0.900 bits per heavy atom. The van der Waals surface area contributed by atoms with Crippen molar-refractivity contribution in [2.24, 2.45) is 5.73 Å². The lowest BCUT2D eigenvalue weighted by atomic mass is 9.89. The molecule has 1 aromatic heterocycles. The van der Waals surface area contributed by atoms with E-state index >= 15 is 0 Å². The molecule has 1 amide bonds. The molecule has 0 radical (unpaired) electrons. The van der Waals surface area contributed by atoms with Gasteiger partial charge in [0.1, 0.15) is 0 Å². The maximum atomic E-state index is 13.3. The third-order valence-electron chi connectivity index (χ3n) is 8.05. The van der Waals surface area contributed by atoms with Gasteiger partial charge < -0.3 is 20.3 Å². The van der Waals surface area contributed by atoms with Gasteiger partial charge in [0.05, 0.1) is 12.1 Å². The van der Waals surface area contributed by atoms with Crippen molar-refractivity contribution in [3.63, 3.8) is 0 Å². The Labute approximate surface area is 235 Å². The van der Waals surface area contributed by atoms with Crippen molar-refractivity contribution >= 4 is 5.91 Å². The number of aromatic nitrogens is 1. The monoisotopic (exact) mass is 535 g/mol. The first-order chi connectivity index (χ1) is 19.3. The number of nitrogens with two attached hydrogens (primary N) is 1. The van der Waals surface area contributed by atoms with Gasteiger partial charge in [-0.15, -0.1) is 0 Å². The molecule has 3 aromatic carbocycles. The number of nitrogens with zero attached hydrogens (tertiary/aromatic N) is 2. The molecule has 206 valence electrons. The van der Waals surface area contributed by atoms with Gasteiger partial charge in [-0.3, -0.25) is 9.59 Å². The number of hydrogen-bond acceptors (Lipinski definition) is 4. The maximum absolute atomic E-state index is 13.3. The van der Waals surface area contributed by atoms with E-state index in [1.165, 1.54) is 0 Å². The van der Waals surface area contributed by atoms with E-state index in [1.54, 1.807) is 10.6 Å². The van der Waals surface area contributed by atoms with Gasteiger partial charge in [0.2, 0.25) is 5.91 Å². The van der Waals surface area contributed by atoms with Gasteiger partial charge in [-0.25, -0.2) is 0 Å². The minimum atomic E-state index is -1.07. The molecule has 40 heavy (non-hydrogen) atoms. The predicted octanol–water partition coefficient (Wildman–Crippen LogP) is 5.19. The summed E-state index contributed by atoms with van der Waals surface area (Å²) in [5.41, 5.74) is 10.5. The number of hydrogen-bond donors (Lipinski definition) is 2. The summed E-state index contributed by atoms with van der Waals surface area (Å²) in [4.78, 5) is 28.2. The van der Waals surface area contributed by atoms with Crippen molar-refractivity contribution in [1.29, 1.82) is 0 Å². The van der Waals surface area contributed by atoms with E-state index in [0.717, 1.165) is 33.4 Å². The molecule has 1 atom stereocenters. The quantitative estimate of drug-likeness (QED) is 0.325. The molecule has 1 unspecified atom stereocenters. The third kappa shape index (κ3) is 6.24. The second kappa shape index (κ2) is 12.0. The highest BCUT2D eigenvalue weighted by Crippen LogP contribution is 2.33. The zero-order valence-electron chi connectivity index (χ0n) is 23.0. The van der Waals surface area contributed by atoms with Crippen LogP contribution < -0.4 is 11.3 Å². The molecule has 1 aliphatic rings. The van der Waals surface area contributed by atoms with Crippen molar-refractivity contribution in [1.82, 2.24) is 9.47 Å². The number of pyridine rings is 1. The van der Waals surface area contributed by atoms with Crippen molar-refractivity contribution in [3.8, 4) is 22.3 Å². The number of carbonyl (C=O) groups excluding carboxylic acids is 1.